The Bertz CT molecular complexity index is 874. The summed E-state index contributed by atoms with van der Waals surface area (Å²) in [6.07, 6.45) is 3.81. The van der Waals surface area contributed by atoms with Crippen molar-refractivity contribution in [1.29, 1.82) is 0 Å². The third-order valence-electron chi connectivity index (χ3n) is 4.18. The van der Waals surface area contributed by atoms with Crippen LogP contribution in [0.3, 0.4) is 0 Å². The maximum atomic E-state index is 12.9. The molecule has 1 aliphatic heterocycles. The van der Waals surface area contributed by atoms with Crippen LogP contribution in [0.4, 0.5) is 4.39 Å². The second-order valence-corrected chi connectivity index (χ2v) is 8.16. The molecule has 2 heterocycles. The van der Waals surface area contributed by atoms with Crippen LogP contribution in [0.25, 0.3) is 0 Å². The van der Waals surface area contributed by atoms with E-state index in [0.717, 1.165) is 11.8 Å². The van der Waals surface area contributed by atoms with Crippen molar-refractivity contribution >= 4 is 15.9 Å². The third-order valence-corrected chi connectivity index (χ3v) is 4.94. The van der Waals surface area contributed by atoms with Crippen LogP contribution in [0.2, 0.25) is 0 Å². The van der Waals surface area contributed by atoms with Crippen molar-refractivity contribution < 1.29 is 17.6 Å². The molecular formula is C16H20FN5O3S. The number of carbonyl (C=O) groups excluding carboxylic acids is 1. The van der Waals surface area contributed by atoms with E-state index in [1.807, 2.05) is 0 Å². The van der Waals surface area contributed by atoms with Crippen LogP contribution < -0.4 is 4.72 Å². The van der Waals surface area contributed by atoms with Gasteiger partial charge in [0.05, 0.1) is 19.0 Å². The topological polar surface area (TPSA) is 97.2 Å². The minimum Gasteiger partial charge on any atom is -0.337 e. The van der Waals surface area contributed by atoms with Crippen molar-refractivity contribution in [2.24, 2.45) is 0 Å². The SMILES string of the molecule is CS(=O)(=O)NC1CCN(C(=O)c2cn(Cc3ccc(F)cc3)nn2)CC1. The van der Waals surface area contributed by atoms with E-state index in [1.165, 1.54) is 16.8 Å². The second-order valence-electron chi connectivity index (χ2n) is 6.38. The van der Waals surface area contributed by atoms with Crippen LogP contribution in [-0.4, -0.2) is 59.6 Å². The molecule has 0 saturated carbocycles. The quantitative estimate of drug-likeness (QED) is 0.819. The summed E-state index contributed by atoms with van der Waals surface area (Å²) in [5.74, 6) is -0.537. The first kappa shape index (κ1) is 18.5. The first-order chi connectivity index (χ1) is 12.3. The fourth-order valence-corrected chi connectivity index (χ4v) is 3.76. The summed E-state index contributed by atoms with van der Waals surface area (Å²) in [7, 11) is -3.25. The molecule has 0 atom stereocenters. The fourth-order valence-electron chi connectivity index (χ4n) is 2.92. The van der Waals surface area contributed by atoms with E-state index in [0.29, 0.717) is 32.5 Å². The number of carbonyl (C=O) groups is 1. The summed E-state index contributed by atoms with van der Waals surface area (Å²) in [4.78, 5) is 14.2. The average molecular weight is 381 g/mol. The molecular weight excluding hydrogens is 361 g/mol. The highest BCUT2D eigenvalue weighted by Gasteiger charge is 2.26. The molecule has 10 heteroatoms. The van der Waals surface area contributed by atoms with Crippen molar-refractivity contribution in [1.82, 2.24) is 24.6 Å². The zero-order chi connectivity index (χ0) is 18.7. The van der Waals surface area contributed by atoms with Crippen LogP contribution >= 0.6 is 0 Å². The minimum absolute atomic E-state index is 0.150. The molecule has 2 aromatic rings. The van der Waals surface area contributed by atoms with E-state index in [9.17, 15) is 17.6 Å². The Morgan fingerprint density at radius 2 is 1.92 bits per heavy atom. The van der Waals surface area contributed by atoms with Crippen molar-refractivity contribution in [2.45, 2.75) is 25.4 Å². The highest BCUT2D eigenvalue weighted by Crippen LogP contribution is 2.14. The lowest BCUT2D eigenvalue weighted by molar-refractivity contribution is 0.0705. The van der Waals surface area contributed by atoms with Gasteiger partial charge in [-0.05, 0) is 30.5 Å². The number of likely N-dealkylation sites (tertiary alicyclic amines) is 1. The Balaban J connectivity index is 1.57. The van der Waals surface area contributed by atoms with Gasteiger partial charge in [0, 0.05) is 19.1 Å². The number of nitrogens with zero attached hydrogens (tertiary/aromatic N) is 4. The largest absolute Gasteiger partial charge is 0.337 e. The summed E-state index contributed by atoms with van der Waals surface area (Å²) in [6.45, 7) is 1.30. The Morgan fingerprint density at radius 1 is 1.27 bits per heavy atom. The number of nitrogens with one attached hydrogen (secondary N) is 1. The molecule has 1 aliphatic rings. The average Bonchev–Trinajstić information content (AvgIpc) is 3.04. The lowest BCUT2D eigenvalue weighted by atomic mass is 10.1. The summed E-state index contributed by atoms with van der Waals surface area (Å²) >= 11 is 0. The van der Waals surface area contributed by atoms with Gasteiger partial charge in [-0.15, -0.1) is 5.10 Å². The maximum absolute atomic E-state index is 12.9. The number of halogens is 1. The van der Waals surface area contributed by atoms with Crippen LogP contribution in [0.5, 0.6) is 0 Å². The molecule has 0 radical (unpaired) electrons. The molecule has 8 nitrogen and oxygen atoms in total. The van der Waals surface area contributed by atoms with Gasteiger partial charge in [0.25, 0.3) is 5.91 Å². The van der Waals surface area contributed by atoms with Gasteiger partial charge >= 0.3 is 0 Å². The van der Waals surface area contributed by atoms with Crippen molar-refractivity contribution in [3.05, 3.63) is 47.5 Å². The summed E-state index contributed by atoms with van der Waals surface area (Å²) in [5.41, 5.74) is 1.09. The number of benzene rings is 1. The number of hydrogen-bond donors (Lipinski definition) is 1. The normalized spacial score (nSPS) is 16.0. The molecule has 3 rings (SSSR count). The van der Waals surface area contributed by atoms with E-state index in [1.54, 1.807) is 23.2 Å². The first-order valence-electron chi connectivity index (χ1n) is 8.21. The summed E-state index contributed by atoms with van der Waals surface area (Å²) in [5, 5.41) is 7.87. The van der Waals surface area contributed by atoms with Gasteiger partial charge in [-0.3, -0.25) is 4.79 Å². The highest BCUT2D eigenvalue weighted by molar-refractivity contribution is 7.88. The predicted molar refractivity (Wildman–Crippen MR) is 92.4 cm³/mol. The van der Waals surface area contributed by atoms with Crippen LogP contribution in [-0.2, 0) is 16.6 Å². The molecule has 140 valence electrons. The van der Waals surface area contributed by atoms with E-state index in [4.69, 9.17) is 0 Å². The number of amides is 1. The lowest BCUT2D eigenvalue weighted by Gasteiger charge is -2.31. The summed E-state index contributed by atoms with van der Waals surface area (Å²) in [6, 6.07) is 5.89. The Kier molecular flexibility index (Phi) is 5.33. The molecule has 1 amide bonds. The van der Waals surface area contributed by atoms with Crippen molar-refractivity contribution in [2.75, 3.05) is 19.3 Å². The zero-order valence-corrected chi connectivity index (χ0v) is 15.1. The predicted octanol–water partition coefficient (Wildman–Crippen LogP) is 0.619. The Labute approximate surface area is 151 Å². The highest BCUT2D eigenvalue weighted by atomic mass is 32.2. The third kappa shape index (κ3) is 4.85. The second kappa shape index (κ2) is 7.50. The molecule has 1 aromatic carbocycles. The minimum atomic E-state index is -3.25. The van der Waals surface area contributed by atoms with Gasteiger partial charge in [0.15, 0.2) is 5.69 Å². The zero-order valence-electron chi connectivity index (χ0n) is 14.3. The standard InChI is InChI=1S/C16H20FN5O3S/c1-26(24,25)19-14-6-8-21(9-7-14)16(23)15-11-22(20-18-15)10-12-2-4-13(17)5-3-12/h2-5,11,14,19H,6-10H2,1H3. The van der Waals surface area contributed by atoms with E-state index in [-0.39, 0.29) is 23.5 Å². The molecule has 1 fully saturated rings. The Hall–Kier alpha value is -2.33. The van der Waals surface area contributed by atoms with Gasteiger partial charge in [-0.1, -0.05) is 17.3 Å². The van der Waals surface area contributed by atoms with Gasteiger partial charge in [-0.2, -0.15) is 0 Å². The molecule has 0 spiro atoms. The smallest absolute Gasteiger partial charge is 0.276 e. The number of hydrogen-bond acceptors (Lipinski definition) is 5. The summed E-state index contributed by atoms with van der Waals surface area (Å²) < 4.78 is 39.6. The maximum Gasteiger partial charge on any atom is 0.276 e. The lowest BCUT2D eigenvalue weighted by Crippen LogP contribution is -2.46. The number of piperidine rings is 1. The van der Waals surface area contributed by atoms with Crippen LogP contribution in [0.15, 0.2) is 30.5 Å². The van der Waals surface area contributed by atoms with Crippen molar-refractivity contribution in [3.63, 3.8) is 0 Å². The number of aromatic nitrogens is 3. The van der Waals surface area contributed by atoms with E-state index in [2.05, 4.69) is 15.0 Å². The number of rotatable bonds is 5. The van der Waals surface area contributed by atoms with Gasteiger partial charge < -0.3 is 4.90 Å². The van der Waals surface area contributed by atoms with Gasteiger partial charge in [-0.25, -0.2) is 22.2 Å². The first-order valence-corrected chi connectivity index (χ1v) is 10.1. The van der Waals surface area contributed by atoms with Crippen molar-refractivity contribution in [3.8, 4) is 0 Å². The van der Waals surface area contributed by atoms with E-state index < -0.39 is 10.0 Å². The van der Waals surface area contributed by atoms with Gasteiger partial charge in [0.2, 0.25) is 10.0 Å². The fraction of sp³-hybridized carbons (Fsp3) is 0.438. The number of sulfonamides is 1. The molecule has 1 saturated heterocycles. The van der Waals surface area contributed by atoms with E-state index >= 15 is 0 Å². The Morgan fingerprint density at radius 3 is 2.54 bits per heavy atom. The molecule has 1 N–H and O–H groups in total. The van der Waals surface area contributed by atoms with Crippen LogP contribution in [0, 0.1) is 5.82 Å². The van der Waals surface area contributed by atoms with Crippen LogP contribution in [0.1, 0.15) is 28.9 Å². The molecule has 0 unspecified atom stereocenters. The van der Waals surface area contributed by atoms with Gasteiger partial charge in [0.1, 0.15) is 5.82 Å². The molecule has 0 bridgehead atoms. The molecule has 26 heavy (non-hydrogen) atoms. The monoisotopic (exact) mass is 381 g/mol. The molecule has 0 aliphatic carbocycles. The molecule has 1 aromatic heterocycles.